The topological polar surface area (TPSA) is 113 Å². The van der Waals surface area contributed by atoms with Crippen molar-refractivity contribution in [3.05, 3.63) is 51.4 Å². The molecule has 0 aliphatic carbocycles. The fraction of sp³-hybridized carbons (Fsp3) is 0.200. The van der Waals surface area contributed by atoms with E-state index in [0.717, 1.165) is 4.68 Å². The van der Waals surface area contributed by atoms with Crippen LogP contribution in [0.15, 0.2) is 35.3 Å². The van der Waals surface area contributed by atoms with Gasteiger partial charge in [-0.2, -0.15) is 9.78 Å². The lowest BCUT2D eigenvalue weighted by molar-refractivity contribution is -0.118. The maximum absolute atomic E-state index is 12.3. The standard InChI is InChI=1S/C15H15ClN4O4/c1-9(21)17-6-7-18-12-8-19-20(14(22)13(12)16)11-4-2-10(3-5-11)15(23)24/h2-5,8,18H,6-7H2,1H3,(H,17,21)(H,23,24). The van der Waals surface area contributed by atoms with Crippen molar-refractivity contribution >= 4 is 29.2 Å². The van der Waals surface area contributed by atoms with E-state index in [-0.39, 0.29) is 16.5 Å². The van der Waals surface area contributed by atoms with Crippen LogP contribution in [-0.4, -0.2) is 39.9 Å². The van der Waals surface area contributed by atoms with Gasteiger partial charge in [-0.25, -0.2) is 4.79 Å². The number of aromatic carboxylic acids is 1. The van der Waals surface area contributed by atoms with Crippen LogP contribution in [0.25, 0.3) is 5.69 Å². The Hall–Kier alpha value is -2.87. The molecule has 1 amide bonds. The van der Waals surface area contributed by atoms with Crippen LogP contribution in [0.1, 0.15) is 17.3 Å². The van der Waals surface area contributed by atoms with Gasteiger partial charge in [-0.1, -0.05) is 11.6 Å². The molecule has 1 heterocycles. The maximum atomic E-state index is 12.3. The smallest absolute Gasteiger partial charge is 0.335 e. The van der Waals surface area contributed by atoms with Crippen molar-refractivity contribution in [3.8, 4) is 5.69 Å². The Morgan fingerprint density at radius 2 is 1.92 bits per heavy atom. The van der Waals surface area contributed by atoms with Crippen molar-refractivity contribution in [1.82, 2.24) is 15.1 Å². The molecule has 0 aliphatic heterocycles. The second kappa shape index (κ2) is 7.60. The monoisotopic (exact) mass is 350 g/mol. The fourth-order valence-corrected chi connectivity index (χ4v) is 2.12. The summed E-state index contributed by atoms with van der Waals surface area (Å²) in [5, 5.41) is 18.4. The largest absolute Gasteiger partial charge is 0.478 e. The number of amides is 1. The third-order valence-corrected chi connectivity index (χ3v) is 3.46. The first-order valence-corrected chi connectivity index (χ1v) is 7.38. The van der Waals surface area contributed by atoms with Crippen molar-refractivity contribution in [2.75, 3.05) is 18.4 Å². The molecule has 0 unspecified atom stereocenters. The fourth-order valence-electron chi connectivity index (χ4n) is 1.92. The van der Waals surface area contributed by atoms with Crippen LogP contribution in [0, 0.1) is 0 Å². The number of anilines is 1. The van der Waals surface area contributed by atoms with Crippen LogP contribution in [0.3, 0.4) is 0 Å². The van der Waals surface area contributed by atoms with E-state index in [0.29, 0.717) is 24.5 Å². The van der Waals surface area contributed by atoms with Crippen LogP contribution in [0.4, 0.5) is 5.69 Å². The maximum Gasteiger partial charge on any atom is 0.335 e. The Labute approximate surface area is 142 Å². The highest BCUT2D eigenvalue weighted by atomic mass is 35.5. The van der Waals surface area contributed by atoms with Gasteiger partial charge < -0.3 is 15.7 Å². The van der Waals surface area contributed by atoms with E-state index in [1.807, 2.05) is 0 Å². The summed E-state index contributed by atoms with van der Waals surface area (Å²) >= 11 is 6.05. The molecular weight excluding hydrogens is 336 g/mol. The molecule has 1 aromatic carbocycles. The number of rotatable bonds is 6. The number of hydrogen-bond acceptors (Lipinski definition) is 5. The van der Waals surface area contributed by atoms with Crippen LogP contribution >= 0.6 is 11.6 Å². The van der Waals surface area contributed by atoms with Gasteiger partial charge in [0.25, 0.3) is 5.56 Å². The summed E-state index contributed by atoms with van der Waals surface area (Å²) in [6.07, 6.45) is 1.39. The van der Waals surface area contributed by atoms with Gasteiger partial charge in [0.2, 0.25) is 5.91 Å². The van der Waals surface area contributed by atoms with E-state index in [2.05, 4.69) is 15.7 Å². The lowest BCUT2D eigenvalue weighted by Crippen LogP contribution is -2.27. The number of hydrogen-bond donors (Lipinski definition) is 3. The lowest BCUT2D eigenvalue weighted by atomic mass is 10.2. The third-order valence-electron chi connectivity index (χ3n) is 3.09. The number of nitrogens with one attached hydrogen (secondary N) is 2. The summed E-state index contributed by atoms with van der Waals surface area (Å²) in [7, 11) is 0. The second-order valence-corrected chi connectivity index (χ2v) is 5.23. The van der Waals surface area contributed by atoms with Crippen LogP contribution in [-0.2, 0) is 4.79 Å². The summed E-state index contributed by atoms with van der Waals surface area (Å²) in [6.45, 7) is 2.18. The number of carboxylic acid groups (broad SMARTS) is 1. The van der Waals surface area contributed by atoms with Crippen molar-refractivity contribution in [2.45, 2.75) is 6.92 Å². The molecule has 0 bridgehead atoms. The molecule has 0 radical (unpaired) electrons. The number of halogens is 1. The Morgan fingerprint density at radius 1 is 1.25 bits per heavy atom. The minimum atomic E-state index is -1.06. The van der Waals surface area contributed by atoms with Crippen molar-refractivity contribution in [3.63, 3.8) is 0 Å². The van der Waals surface area contributed by atoms with Gasteiger partial charge in [0.15, 0.2) is 0 Å². The van der Waals surface area contributed by atoms with Crippen molar-refractivity contribution in [1.29, 1.82) is 0 Å². The number of carbonyl (C=O) groups is 2. The Bertz CT molecular complexity index is 817. The van der Waals surface area contributed by atoms with Gasteiger partial charge in [0.1, 0.15) is 5.02 Å². The van der Waals surface area contributed by atoms with E-state index < -0.39 is 11.5 Å². The first kappa shape index (κ1) is 17.5. The summed E-state index contributed by atoms with van der Waals surface area (Å²) in [6, 6.07) is 5.69. The van der Waals surface area contributed by atoms with Crippen LogP contribution in [0.2, 0.25) is 5.02 Å². The SMILES string of the molecule is CC(=O)NCCNc1cnn(-c2ccc(C(=O)O)cc2)c(=O)c1Cl. The van der Waals surface area contributed by atoms with Gasteiger partial charge in [-0.05, 0) is 24.3 Å². The zero-order chi connectivity index (χ0) is 17.7. The number of nitrogens with zero attached hydrogens (tertiary/aromatic N) is 2. The molecule has 9 heteroatoms. The molecule has 8 nitrogen and oxygen atoms in total. The molecule has 0 fully saturated rings. The van der Waals surface area contributed by atoms with Crippen LogP contribution < -0.4 is 16.2 Å². The number of carboxylic acids is 1. The van der Waals surface area contributed by atoms with Gasteiger partial charge in [-0.3, -0.25) is 9.59 Å². The number of carbonyl (C=O) groups excluding carboxylic acids is 1. The van der Waals surface area contributed by atoms with E-state index in [4.69, 9.17) is 16.7 Å². The highest BCUT2D eigenvalue weighted by Gasteiger charge is 2.11. The Kier molecular flexibility index (Phi) is 5.54. The summed E-state index contributed by atoms with van der Waals surface area (Å²) in [5.41, 5.74) is 0.320. The van der Waals surface area contributed by atoms with Crippen LogP contribution in [0.5, 0.6) is 0 Å². The molecule has 0 saturated carbocycles. The van der Waals surface area contributed by atoms with Crippen molar-refractivity contribution in [2.24, 2.45) is 0 Å². The molecular formula is C15H15ClN4O4. The van der Waals surface area contributed by atoms with Gasteiger partial charge >= 0.3 is 5.97 Å². The quantitative estimate of drug-likeness (QED) is 0.673. The molecule has 2 aromatic rings. The lowest BCUT2D eigenvalue weighted by Gasteiger charge is -2.10. The average Bonchev–Trinajstić information content (AvgIpc) is 2.55. The highest BCUT2D eigenvalue weighted by molar-refractivity contribution is 6.32. The summed E-state index contributed by atoms with van der Waals surface area (Å²) in [5.74, 6) is -1.21. The van der Waals surface area contributed by atoms with Gasteiger partial charge in [-0.15, -0.1) is 0 Å². The normalized spacial score (nSPS) is 10.2. The molecule has 1 aromatic heterocycles. The molecule has 24 heavy (non-hydrogen) atoms. The minimum absolute atomic E-state index is 0.0462. The van der Waals surface area contributed by atoms with Gasteiger partial charge in [0.05, 0.1) is 23.1 Å². The van der Waals surface area contributed by atoms with Gasteiger partial charge in [0, 0.05) is 20.0 Å². The number of benzene rings is 1. The Balaban J connectivity index is 2.18. The average molecular weight is 351 g/mol. The molecule has 0 atom stereocenters. The molecule has 0 saturated heterocycles. The predicted octanol–water partition coefficient (Wildman–Crippen LogP) is 1.13. The molecule has 0 spiro atoms. The van der Waals surface area contributed by atoms with E-state index in [1.54, 1.807) is 0 Å². The predicted molar refractivity (Wildman–Crippen MR) is 89.0 cm³/mol. The highest BCUT2D eigenvalue weighted by Crippen LogP contribution is 2.16. The molecule has 0 aliphatic rings. The zero-order valence-electron chi connectivity index (χ0n) is 12.7. The Morgan fingerprint density at radius 3 is 2.50 bits per heavy atom. The summed E-state index contributed by atoms with van der Waals surface area (Å²) < 4.78 is 1.08. The molecule has 3 N–H and O–H groups in total. The molecule has 126 valence electrons. The third kappa shape index (κ3) is 4.11. The van der Waals surface area contributed by atoms with E-state index in [1.165, 1.54) is 37.4 Å². The van der Waals surface area contributed by atoms with Crippen molar-refractivity contribution < 1.29 is 14.7 Å². The first-order valence-electron chi connectivity index (χ1n) is 7.00. The number of aromatic nitrogens is 2. The minimum Gasteiger partial charge on any atom is -0.478 e. The first-order chi connectivity index (χ1) is 11.4. The van der Waals surface area contributed by atoms with E-state index in [9.17, 15) is 14.4 Å². The second-order valence-electron chi connectivity index (χ2n) is 4.85. The summed E-state index contributed by atoms with van der Waals surface area (Å²) in [4.78, 5) is 33.9. The zero-order valence-corrected chi connectivity index (χ0v) is 13.5. The molecule has 2 rings (SSSR count). The van der Waals surface area contributed by atoms with E-state index >= 15 is 0 Å².